The summed E-state index contributed by atoms with van der Waals surface area (Å²) >= 11 is 1.87. The number of fused-ring (bicyclic) bond motifs is 2. The molecule has 0 bridgehead atoms. The van der Waals surface area contributed by atoms with Gasteiger partial charge < -0.3 is 0 Å². The minimum absolute atomic E-state index is 0.0428. The molecule has 1 aromatic heterocycles. The molecular formula is C48H35N3S. The lowest BCUT2D eigenvalue weighted by Gasteiger charge is -2.34. The van der Waals surface area contributed by atoms with Gasteiger partial charge in [0.1, 0.15) is 0 Å². The molecular weight excluding hydrogens is 651 g/mol. The van der Waals surface area contributed by atoms with E-state index < -0.39 is 0 Å². The Bertz CT molecular complexity index is 2560. The molecule has 8 aromatic rings. The smallest absolute Gasteiger partial charge is 0.164 e. The van der Waals surface area contributed by atoms with E-state index in [2.05, 4.69) is 153 Å². The van der Waals surface area contributed by atoms with Crippen molar-refractivity contribution in [3.8, 4) is 67.5 Å². The molecule has 0 fully saturated rings. The van der Waals surface area contributed by atoms with E-state index in [1.54, 1.807) is 0 Å². The van der Waals surface area contributed by atoms with Gasteiger partial charge in [0.15, 0.2) is 17.5 Å². The molecule has 0 aliphatic carbocycles. The molecule has 248 valence electrons. The highest BCUT2D eigenvalue weighted by atomic mass is 32.2. The fourth-order valence-corrected chi connectivity index (χ4v) is 8.58. The fourth-order valence-electron chi connectivity index (χ4n) is 7.15. The Hall–Kier alpha value is -6.10. The molecule has 9 rings (SSSR count). The Kier molecular flexibility index (Phi) is 8.10. The maximum Gasteiger partial charge on any atom is 0.164 e. The molecule has 52 heavy (non-hydrogen) atoms. The zero-order valence-corrected chi connectivity index (χ0v) is 29.8. The van der Waals surface area contributed by atoms with E-state index >= 15 is 0 Å². The second-order valence-corrected chi connectivity index (χ2v) is 14.8. The summed E-state index contributed by atoms with van der Waals surface area (Å²) in [5.74, 6) is 1.94. The van der Waals surface area contributed by atoms with Crippen LogP contribution in [0, 0.1) is 0 Å². The van der Waals surface area contributed by atoms with Gasteiger partial charge in [0.2, 0.25) is 0 Å². The van der Waals surface area contributed by atoms with Gasteiger partial charge in [-0.2, -0.15) is 0 Å². The molecule has 0 saturated heterocycles. The molecule has 0 spiro atoms. The summed E-state index contributed by atoms with van der Waals surface area (Å²) in [6.45, 7) is 4.66. The predicted octanol–water partition coefficient (Wildman–Crippen LogP) is 12.7. The van der Waals surface area contributed by atoms with Gasteiger partial charge in [-0.25, -0.2) is 15.0 Å². The molecule has 0 atom stereocenters. The average Bonchev–Trinajstić information content (AvgIpc) is 3.21. The Balaban J connectivity index is 1.07. The number of hydrogen-bond donors (Lipinski definition) is 0. The largest absolute Gasteiger partial charge is 0.208 e. The highest BCUT2D eigenvalue weighted by Crippen LogP contribution is 2.50. The summed E-state index contributed by atoms with van der Waals surface area (Å²) in [5, 5.41) is 0. The first kappa shape index (κ1) is 31.9. The topological polar surface area (TPSA) is 38.7 Å². The van der Waals surface area contributed by atoms with E-state index in [0.29, 0.717) is 17.5 Å². The lowest BCUT2D eigenvalue weighted by Crippen LogP contribution is -2.23. The van der Waals surface area contributed by atoms with E-state index in [1.165, 1.54) is 37.6 Å². The van der Waals surface area contributed by atoms with Crippen molar-refractivity contribution in [3.63, 3.8) is 0 Å². The van der Waals surface area contributed by atoms with Crippen molar-refractivity contribution in [2.24, 2.45) is 0 Å². The highest BCUT2D eigenvalue weighted by molar-refractivity contribution is 7.99. The highest BCUT2D eigenvalue weighted by Gasteiger charge is 2.32. The van der Waals surface area contributed by atoms with Crippen LogP contribution in [0.2, 0.25) is 0 Å². The minimum atomic E-state index is -0.0428. The van der Waals surface area contributed by atoms with Crippen LogP contribution in [0.15, 0.2) is 186 Å². The van der Waals surface area contributed by atoms with Gasteiger partial charge in [0.05, 0.1) is 0 Å². The molecule has 0 radical (unpaired) electrons. The zero-order valence-electron chi connectivity index (χ0n) is 29.0. The Morgan fingerprint density at radius 1 is 0.327 bits per heavy atom. The number of benzene rings is 7. The predicted molar refractivity (Wildman–Crippen MR) is 215 cm³/mol. The lowest BCUT2D eigenvalue weighted by molar-refractivity contribution is 0.607. The van der Waals surface area contributed by atoms with Crippen molar-refractivity contribution in [2.45, 2.75) is 29.1 Å². The standard InChI is InChI=1S/C48H35N3S/c1-48(2)41-21-9-10-22-43(41)52-44-31-39(27-28-42(44)48)37-18-11-17-36(29-37)38-19-12-20-40(30-38)47-50-45(34-15-7-4-8-16-34)49-46(51-47)35-25-23-33(24-26-35)32-13-5-3-6-14-32/h3-31H,1-2H3. The first-order valence-electron chi connectivity index (χ1n) is 17.6. The average molecular weight is 686 g/mol. The normalized spacial score (nSPS) is 12.9. The second-order valence-electron chi connectivity index (χ2n) is 13.7. The lowest BCUT2D eigenvalue weighted by atomic mass is 9.77. The van der Waals surface area contributed by atoms with Gasteiger partial charge in [0, 0.05) is 31.9 Å². The van der Waals surface area contributed by atoms with Gasteiger partial charge in [-0.05, 0) is 68.8 Å². The molecule has 0 amide bonds. The van der Waals surface area contributed by atoms with E-state index in [9.17, 15) is 0 Å². The van der Waals surface area contributed by atoms with Crippen molar-refractivity contribution in [1.82, 2.24) is 15.0 Å². The van der Waals surface area contributed by atoms with Crippen LogP contribution in [-0.2, 0) is 5.41 Å². The summed E-state index contributed by atoms with van der Waals surface area (Å²) in [5.41, 5.74) is 12.6. The van der Waals surface area contributed by atoms with Crippen molar-refractivity contribution in [3.05, 3.63) is 187 Å². The van der Waals surface area contributed by atoms with E-state index in [0.717, 1.165) is 33.4 Å². The number of rotatable bonds is 6. The molecule has 2 heterocycles. The van der Waals surface area contributed by atoms with Crippen LogP contribution in [0.1, 0.15) is 25.0 Å². The molecule has 3 nitrogen and oxygen atoms in total. The van der Waals surface area contributed by atoms with Gasteiger partial charge >= 0.3 is 0 Å². The van der Waals surface area contributed by atoms with E-state index in [-0.39, 0.29) is 5.41 Å². The van der Waals surface area contributed by atoms with Crippen LogP contribution in [-0.4, -0.2) is 15.0 Å². The van der Waals surface area contributed by atoms with E-state index in [1.807, 2.05) is 48.2 Å². The molecule has 0 unspecified atom stereocenters. The van der Waals surface area contributed by atoms with Crippen molar-refractivity contribution >= 4 is 11.8 Å². The monoisotopic (exact) mass is 685 g/mol. The maximum atomic E-state index is 5.05. The van der Waals surface area contributed by atoms with Crippen molar-refractivity contribution in [2.75, 3.05) is 0 Å². The van der Waals surface area contributed by atoms with Crippen molar-refractivity contribution in [1.29, 1.82) is 0 Å². The first-order chi connectivity index (χ1) is 25.5. The minimum Gasteiger partial charge on any atom is -0.208 e. The molecule has 1 aliphatic rings. The van der Waals surface area contributed by atoms with Crippen LogP contribution in [0.5, 0.6) is 0 Å². The van der Waals surface area contributed by atoms with Gasteiger partial charge in [-0.3, -0.25) is 0 Å². The molecule has 4 heteroatoms. The van der Waals surface area contributed by atoms with Gasteiger partial charge in [-0.1, -0.05) is 177 Å². The molecule has 1 aliphatic heterocycles. The quantitative estimate of drug-likeness (QED) is 0.175. The summed E-state index contributed by atoms with van der Waals surface area (Å²) < 4.78 is 0. The first-order valence-corrected chi connectivity index (χ1v) is 18.4. The summed E-state index contributed by atoms with van der Waals surface area (Å²) in [4.78, 5) is 17.7. The maximum absolute atomic E-state index is 5.05. The van der Waals surface area contributed by atoms with Crippen LogP contribution in [0.4, 0.5) is 0 Å². The summed E-state index contributed by atoms with van der Waals surface area (Å²) in [7, 11) is 0. The van der Waals surface area contributed by atoms with Crippen molar-refractivity contribution < 1.29 is 0 Å². The Morgan fingerprint density at radius 2 is 0.731 bits per heavy atom. The second kappa shape index (κ2) is 13.2. The Morgan fingerprint density at radius 3 is 1.38 bits per heavy atom. The van der Waals surface area contributed by atoms with Crippen LogP contribution in [0.25, 0.3) is 67.5 Å². The van der Waals surface area contributed by atoms with Gasteiger partial charge in [-0.15, -0.1) is 0 Å². The zero-order chi connectivity index (χ0) is 35.1. The molecule has 0 saturated carbocycles. The van der Waals surface area contributed by atoms with Crippen LogP contribution >= 0.6 is 11.8 Å². The third-order valence-electron chi connectivity index (χ3n) is 10.0. The van der Waals surface area contributed by atoms with E-state index in [4.69, 9.17) is 15.0 Å². The van der Waals surface area contributed by atoms with Crippen LogP contribution in [0.3, 0.4) is 0 Å². The summed E-state index contributed by atoms with van der Waals surface area (Å²) in [6, 6.07) is 62.1. The third-order valence-corrected chi connectivity index (χ3v) is 11.1. The van der Waals surface area contributed by atoms with Crippen LogP contribution < -0.4 is 0 Å². The third kappa shape index (κ3) is 6.01. The number of hydrogen-bond acceptors (Lipinski definition) is 4. The van der Waals surface area contributed by atoms with Gasteiger partial charge in [0.25, 0.3) is 0 Å². The summed E-state index contributed by atoms with van der Waals surface area (Å²) in [6.07, 6.45) is 0. The Labute approximate surface area is 309 Å². The number of nitrogens with zero attached hydrogens (tertiary/aromatic N) is 3. The molecule has 7 aromatic carbocycles. The number of aromatic nitrogens is 3. The molecule has 0 N–H and O–H groups in total. The fraction of sp³-hybridized carbons (Fsp3) is 0.0625. The SMILES string of the molecule is CC1(C)c2ccccc2Sc2cc(-c3cccc(-c4cccc(-c5nc(-c6ccccc6)nc(-c6ccc(-c7ccccc7)cc6)n5)c4)c3)ccc21.